The number of fused-ring (bicyclic) bond motifs is 6. The highest BCUT2D eigenvalue weighted by atomic mass is 15.0. The van der Waals surface area contributed by atoms with Crippen LogP contribution in [0.2, 0.25) is 0 Å². The first-order chi connectivity index (χ1) is 25.3. The molecule has 5 nitrogen and oxygen atoms in total. The molecule has 3 heterocycles. The lowest BCUT2D eigenvalue weighted by atomic mass is 10.00. The van der Waals surface area contributed by atoms with Crippen LogP contribution in [0.15, 0.2) is 176 Å². The summed E-state index contributed by atoms with van der Waals surface area (Å²) in [6.07, 6.45) is 0. The fraction of sp³-hybridized carbons (Fsp3) is 0. The summed E-state index contributed by atoms with van der Waals surface area (Å²) >= 11 is 0. The van der Waals surface area contributed by atoms with Crippen molar-refractivity contribution in [3.63, 3.8) is 0 Å². The van der Waals surface area contributed by atoms with Crippen LogP contribution in [0.3, 0.4) is 0 Å². The SMILES string of the molecule is c1ccc(-c2nc(-c3ccccc3)nc(-c3ccc(-n4c5ccccc5c5c6cc7ccccc7cc6nc(-c6ccccc6)c54)cc3)n2)cc1. The quantitative estimate of drug-likeness (QED) is 0.174. The molecule has 51 heavy (non-hydrogen) atoms. The predicted molar refractivity (Wildman–Crippen MR) is 209 cm³/mol. The Morgan fingerprint density at radius 3 is 1.47 bits per heavy atom. The number of para-hydroxylation sites is 1. The maximum absolute atomic E-state index is 5.40. The van der Waals surface area contributed by atoms with Crippen LogP contribution < -0.4 is 0 Å². The molecule has 0 bridgehead atoms. The van der Waals surface area contributed by atoms with Gasteiger partial charge in [-0.25, -0.2) is 19.9 Å². The summed E-state index contributed by atoms with van der Waals surface area (Å²) in [6.45, 7) is 0. The Balaban J connectivity index is 1.21. The molecular weight excluding hydrogens is 623 g/mol. The Hall–Kier alpha value is -6.98. The van der Waals surface area contributed by atoms with Gasteiger partial charge in [-0.1, -0.05) is 133 Å². The van der Waals surface area contributed by atoms with E-state index in [-0.39, 0.29) is 0 Å². The molecule has 3 aromatic heterocycles. The monoisotopic (exact) mass is 651 g/mol. The van der Waals surface area contributed by atoms with Crippen LogP contribution >= 0.6 is 0 Å². The van der Waals surface area contributed by atoms with E-state index in [9.17, 15) is 0 Å². The smallest absolute Gasteiger partial charge is 0.164 e. The minimum absolute atomic E-state index is 0.626. The van der Waals surface area contributed by atoms with Gasteiger partial charge in [-0.2, -0.15) is 0 Å². The van der Waals surface area contributed by atoms with Gasteiger partial charge in [0, 0.05) is 44.1 Å². The Morgan fingerprint density at radius 1 is 0.373 bits per heavy atom. The molecular formula is C46H29N5. The van der Waals surface area contributed by atoms with E-state index in [2.05, 4.69) is 120 Å². The molecule has 0 radical (unpaired) electrons. The van der Waals surface area contributed by atoms with Crippen molar-refractivity contribution < 1.29 is 0 Å². The lowest BCUT2D eigenvalue weighted by Gasteiger charge is -2.14. The van der Waals surface area contributed by atoms with Crippen LogP contribution in [-0.2, 0) is 0 Å². The second-order valence-electron chi connectivity index (χ2n) is 12.7. The third kappa shape index (κ3) is 4.94. The largest absolute Gasteiger partial charge is 0.307 e. The van der Waals surface area contributed by atoms with Gasteiger partial charge in [0.25, 0.3) is 0 Å². The Labute approximate surface area is 294 Å². The van der Waals surface area contributed by atoms with Crippen molar-refractivity contribution in [2.24, 2.45) is 0 Å². The van der Waals surface area contributed by atoms with Crippen molar-refractivity contribution >= 4 is 43.5 Å². The molecule has 0 saturated heterocycles. The molecule has 0 unspecified atom stereocenters. The first-order valence-electron chi connectivity index (χ1n) is 17.1. The van der Waals surface area contributed by atoms with E-state index in [0.29, 0.717) is 17.5 Å². The number of pyridine rings is 1. The van der Waals surface area contributed by atoms with Crippen LogP contribution in [-0.4, -0.2) is 24.5 Å². The molecule has 10 rings (SSSR count). The zero-order valence-corrected chi connectivity index (χ0v) is 27.5. The van der Waals surface area contributed by atoms with Crippen LogP contribution in [0.25, 0.3) is 94.6 Å². The summed E-state index contributed by atoms with van der Waals surface area (Å²) in [5.41, 5.74) is 9.04. The number of nitrogens with zero attached hydrogens (tertiary/aromatic N) is 5. The minimum Gasteiger partial charge on any atom is -0.307 e. The molecule has 10 aromatic rings. The third-order valence-electron chi connectivity index (χ3n) is 9.59. The van der Waals surface area contributed by atoms with Gasteiger partial charge in [-0.15, -0.1) is 0 Å². The normalized spacial score (nSPS) is 11.5. The Bertz CT molecular complexity index is 2820. The van der Waals surface area contributed by atoms with Crippen LogP contribution in [0.4, 0.5) is 0 Å². The van der Waals surface area contributed by atoms with Gasteiger partial charge in [0.15, 0.2) is 17.5 Å². The van der Waals surface area contributed by atoms with Crippen LogP contribution in [0, 0.1) is 0 Å². The summed E-state index contributed by atoms with van der Waals surface area (Å²) in [5, 5.41) is 5.90. The van der Waals surface area contributed by atoms with Gasteiger partial charge in [0.1, 0.15) is 0 Å². The molecule has 0 amide bonds. The fourth-order valence-corrected chi connectivity index (χ4v) is 7.19. The minimum atomic E-state index is 0.626. The maximum Gasteiger partial charge on any atom is 0.164 e. The van der Waals surface area contributed by atoms with Gasteiger partial charge >= 0.3 is 0 Å². The number of rotatable bonds is 5. The Kier molecular flexibility index (Phi) is 6.74. The average molecular weight is 652 g/mol. The first kappa shape index (κ1) is 29.0. The molecule has 0 atom stereocenters. The third-order valence-corrected chi connectivity index (χ3v) is 9.59. The predicted octanol–water partition coefficient (Wildman–Crippen LogP) is 11.3. The van der Waals surface area contributed by atoms with Crippen molar-refractivity contribution in [3.05, 3.63) is 176 Å². The first-order valence-corrected chi connectivity index (χ1v) is 17.1. The number of hydrogen-bond donors (Lipinski definition) is 0. The van der Waals surface area contributed by atoms with E-state index >= 15 is 0 Å². The molecule has 0 fully saturated rings. The molecule has 238 valence electrons. The van der Waals surface area contributed by atoms with Gasteiger partial charge in [0.05, 0.1) is 22.2 Å². The molecule has 0 spiro atoms. The Morgan fingerprint density at radius 2 is 0.863 bits per heavy atom. The van der Waals surface area contributed by atoms with Crippen molar-refractivity contribution in [3.8, 4) is 51.1 Å². The molecule has 0 N–H and O–H groups in total. The topological polar surface area (TPSA) is 56.5 Å². The number of hydrogen-bond acceptors (Lipinski definition) is 4. The summed E-state index contributed by atoms with van der Waals surface area (Å²) < 4.78 is 2.36. The van der Waals surface area contributed by atoms with E-state index in [1.165, 1.54) is 21.5 Å². The highest BCUT2D eigenvalue weighted by Crippen LogP contribution is 2.42. The van der Waals surface area contributed by atoms with Crippen LogP contribution in [0.1, 0.15) is 0 Å². The lowest BCUT2D eigenvalue weighted by Crippen LogP contribution is -2.01. The second kappa shape index (κ2) is 11.9. The number of benzene rings is 7. The molecule has 0 saturated carbocycles. The fourth-order valence-electron chi connectivity index (χ4n) is 7.19. The van der Waals surface area contributed by atoms with Crippen molar-refractivity contribution in [1.29, 1.82) is 0 Å². The second-order valence-corrected chi connectivity index (χ2v) is 12.7. The summed E-state index contributed by atoms with van der Waals surface area (Å²) in [4.78, 5) is 20.2. The summed E-state index contributed by atoms with van der Waals surface area (Å²) in [6, 6.07) is 60.9. The lowest BCUT2D eigenvalue weighted by molar-refractivity contribution is 1.07. The molecule has 7 aromatic carbocycles. The van der Waals surface area contributed by atoms with Crippen molar-refractivity contribution in [2.45, 2.75) is 0 Å². The summed E-state index contributed by atoms with van der Waals surface area (Å²) in [7, 11) is 0. The zero-order valence-electron chi connectivity index (χ0n) is 27.5. The highest BCUT2D eigenvalue weighted by molar-refractivity contribution is 6.25. The van der Waals surface area contributed by atoms with Gasteiger partial charge < -0.3 is 4.57 Å². The van der Waals surface area contributed by atoms with E-state index in [1.807, 2.05) is 60.7 Å². The molecule has 0 aliphatic rings. The van der Waals surface area contributed by atoms with E-state index < -0.39 is 0 Å². The van der Waals surface area contributed by atoms with Crippen molar-refractivity contribution in [1.82, 2.24) is 24.5 Å². The standard InChI is InChI=1S/C46H29N5/c1-4-14-30(15-5-1)42-43-41(38-28-34-20-10-11-21-35(34)29-39(38)47-42)37-22-12-13-23-40(37)51(43)36-26-24-33(25-27-36)46-49-44(31-16-6-2-7-17-31)48-45(50-46)32-18-8-3-9-19-32/h1-29H. The van der Waals surface area contributed by atoms with E-state index in [4.69, 9.17) is 19.9 Å². The van der Waals surface area contributed by atoms with Crippen LogP contribution in [0.5, 0.6) is 0 Å². The van der Waals surface area contributed by atoms with E-state index in [1.54, 1.807) is 0 Å². The molecule has 5 heteroatoms. The summed E-state index contributed by atoms with van der Waals surface area (Å²) in [5.74, 6) is 1.91. The van der Waals surface area contributed by atoms with Gasteiger partial charge in [0.2, 0.25) is 0 Å². The van der Waals surface area contributed by atoms with Gasteiger partial charge in [-0.3, -0.25) is 0 Å². The zero-order chi connectivity index (χ0) is 33.7. The highest BCUT2D eigenvalue weighted by Gasteiger charge is 2.21. The molecule has 0 aliphatic heterocycles. The number of aromatic nitrogens is 5. The maximum atomic E-state index is 5.40. The molecule has 0 aliphatic carbocycles. The van der Waals surface area contributed by atoms with E-state index in [0.717, 1.165) is 55.6 Å². The average Bonchev–Trinajstić information content (AvgIpc) is 3.56. The van der Waals surface area contributed by atoms with Gasteiger partial charge in [-0.05, 0) is 53.2 Å². The van der Waals surface area contributed by atoms with Crippen molar-refractivity contribution in [2.75, 3.05) is 0 Å².